The molecule has 2 aromatic rings. The molecule has 0 bridgehead atoms. The van der Waals surface area contributed by atoms with Gasteiger partial charge in [0.25, 0.3) is 0 Å². The second-order valence-electron chi connectivity index (χ2n) is 5.21. The fourth-order valence-corrected chi connectivity index (χ4v) is 2.92. The van der Waals surface area contributed by atoms with E-state index < -0.39 is 10.0 Å². The molecule has 0 aliphatic heterocycles. The molecule has 5 nitrogen and oxygen atoms in total. The number of benzene rings is 1. The van der Waals surface area contributed by atoms with Crippen molar-refractivity contribution in [3.8, 4) is 0 Å². The second kappa shape index (κ2) is 7.26. The lowest BCUT2D eigenvalue weighted by Crippen LogP contribution is -2.20. The highest BCUT2D eigenvalue weighted by Gasteiger charge is 2.11. The third-order valence-corrected chi connectivity index (χ3v) is 4.66. The number of aromatic amines is 1. The number of hydrogen-bond acceptors (Lipinski definition) is 3. The maximum atomic E-state index is 11.6. The van der Waals surface area contributed by atoms with Gasteiger partial charge < -0.3 is 9.88 Å². The zero-order valence-corrected chi connectivity index (χ0v) is 14.1. The number of nitrogens with zero attached hydrogens (tertiary/aromatic N) is 1. The van der Waals surface area contributed by atoms with Gasteiger partial charge in [-0.15, -0.1) is 12.4 Å². The Morgan fingerprint density at radius 3 is 2.62 bits per heavy atom. The molecule has 0 aliphatic rings. The Kier molecular flexibility index (Phi) is 6.22. The number of fused-ring (bicyclic) bond motifs is 1. The van der Waals surface area contributed by atoms with Crippen LogP contribution in [-0.2, 0) is 22.2 Å². The molecule has 7 heteroatoms. The highest BCUT2D eigenvalue weighted by molar-refractivity contribution is 7.88. The summed E-state index contributed by atoms with van der Waals surface area (Å²) in [4.78, 5) is 5.37. The summed E-state index contributed by atoms with van der Waals surface area (Å²) in [7, 11) is 2.29. The van der Waals surface area contributed by atoms with Crippen LogP contribution in [0, 0.1) is 0 Å². The van der Waals surface area contributed by atoms with Gasteiger partial charge >= 0.3 is 0 Å². The SMILES string of the molecule is CNS(=O)(=O)Cc1ccc2[nH]cc(CCN(C)C)c2c1.Cl. The van der Waals surface area contributed by atoms with Crippen molar-refractivity contribution in [2.75, 3.05) is 27.7 Å². The van der Waals surface area contributed by atoms with Crippen molar-refractivity contribution in [2.24, 2.45) is 0 Å². The molecule has 1 aromatic carbocycles. The van der Waals surface area contributed by atoms with Crippen molar-refractivity contribution in [3.63, 3.8) is 0 Å². The standard InChI is InChI=1S/C14H21N3O2S.ClH/c1-15-20(18,19)10-11-4-5-14-13(8-11)12(9-16-14)6-7-17(2)3;/h4-5,8-9,15-16H,6-7,10H2,1-3H3;1H. The number of H-pyrrole nitrogens is 1. The highest BCUT2D eigenvalue weighted by Crippen LogP contribution is 2.21. The van der Waals surface area contributed by atoms with Crippen molar-refractivity contribution in [1.29, 1.82) is 0 Å². The molecule has 1 heterocycles. The summed E-state index contributed by atoms with van der Waals surface area (Å²) in [6.45, 7) is 0.964. The third kappa shape index (κ3) is 4.71. The van der Waals surface area contributed by atoms with Gasteiger partial charge in [-0.3, -0.25) is 0 Å². The number of sulfonamides is 1. The largest absolute Gasteiger partial charge is 0.361 e. The molecular weight excluding hydrogens is 310 g/mol. The molecule has 0 aliphatic carbocycles. The summed E-state index contributed by atoms with van der Waals surface area (Å²) in [5.74, 6) is 0.0116. The van der Waals surface area contributed by atoms with Gasteiger partial charge in [-0.05, 0) is 50.8 Å². The molecule has 0 spiro atoms. The van der Waals surface area contributed by atoms with Gasteiger partial charge in [0.1, 0.15) is 0 Å². The first-order chi connectivity index (χ1) is 9.41. The molecule has 1 aromatic heterocycles. The molecule has 0 radical (unpaired) electrons. The zero-order valence-electron chi connectivity index (χ0n) is 12.5. The topological polar surface area (TPSA) is 65.2 Å². The molecule has 0 fully saturated rings. The Bertz CT molecular complexity index is 695. The van der Waals surface area contributed by atoms with E-state index in [1.807, 2.05) is 38.5 Å². The highest BCUT2D eigenvalue weighted by atomic mass is 35.5. The zero-order chi connectivity index (χ0) is 14.8. The lowest BCUT2D eigenvalue weighted by atomic mass is 10.1. The average molecular weight is 332 g/mol. The van der Waals surface area contributed by atoms with E-state index in [1.54, 1.807) is 0 Å². The number of nitrogens with one attached hydrogen (secondary N) is 2. The first-order valence-electron chi connectivity index (χ1n) is 6.56. The molecule has 0 amide bonds. The number of halogens is 1. The van der Waals surface area contributed by atoms with Crippen LogP contribution in [0.1, 0.15) is 11.1 Å². The molecule has 2 N–H and O–H groups in total. The van der Waals surface area contributed by atoms with Gasteiger partial charge in [0.2, 0.25) is 10.0 Å². The molecule has 2 rings (SSSR count). The van der Waals surface area contributed by atoms with E-state index in [2.05, 4.69) is 14.6 Å². The van der Waals surface area contributed by atoms with Crippen LogP contribution in [0.5, 0.6) is 0 Å². The van der Waals surface area contributed by atoms with Gasteiger partial charge in [0, 0.05) is 23.6 Å². The van der Waals surface area contributed by atoms with Crippen molar-refractivity contribution < 1.29 is 8.42 Å². The van der Waals surface area contributed by atoms with Crippen LogP contribution < -0.4 is 4.72 Å². The van der Waals surface area contributed by atoms with Crippen molar-refractivity contribution in [3.05, 3.63) is 35.5 Å². The van der Waals surface area contributed by atoms with E-state index in [-0.39, 0.29) is 18.2 Å². The number of likely N-dealkylation sites (N-methyl/N-ethyl adjacent to an activating group) is 1. The van der Waals surface area contributed by atoms with Gasteiger partial charge in [0.05, 0.1) is 5.75 Å². The smallest absolute Gasteiger partial charge is 0.215 e. The van der Waals surface area contributed by atoms with E-state index in [1.165, 1.54) is 12.6 Å². The van der Waals surface area contributed by atoms with Crippen LogP contribution in [-0.4, -0.2) is 46.0 Å². The fourth-order valence-electron chi connectivity index (χ4n) is 2.16. The molecule has 0 unspecified atom stereocenters. The number of aromatic nitrogens is 1. The lowest BCUT2D eigenvalue weighted by Gasteiger charge is -2.08. The monoisotopic (exact) mass is 331 g/mol. The van der Waals surface area contributed by atoms with Crippen LogP contribution in [0.15, 0.2) is 24.4 Å². The quantitative estimate of drug-likeness (QED) is 0.847. The first-order valence-corrected chi connectivity index (χ1v) is 8.21. The minimum Gasteiger partial charge on any atom is -0.361 e. The van der Waals surface area contributed by atoms with Gasteiger partial charge in [-0.1, -0.05) is 6.07 Å². The second-order valence-corrected chi connectivity index (χ2v) is 7.14. The normalized spacial score (nSPS) is 11.8. The van der Waals surface area contributed by atoms with Crippen molar-refractivity contribution in [1.82, 2.24) is 14.6 Å². The van der Waals surface area contributed by atoms with E-state index in [9.17, 15) is 8.42 Å². The van der Waals surface area contributed by atoms with Gasteiger partial charge in [-0.2, -0.15) is 0 Å². The van der Waals surface area contributed by atoms with Crippen LogP contribution >= 0.6 is 12.4 Å². The number of hydrogen-bond donors (Lipinski definition) is 2. The fraction of sp³-hybridized carbons (Fsp3) is 0.429. The van der Waals surface area contributed by atoms with Crippen molar-refractivity contribution >= 4 is 33.3 Å². The lowest BCUT2D eigenvalue weighted by molar-refractivity contribution is 0.414. The Morgan fingerprint density at radius 2 is 2.00 bits per heavy atom. The number of rotatable bonds is 6. The predicted molar refractivity (Wildman–Crippen MR) is 89.5 cm³/mol. The molecule has 0 saturated carbocycles. The van der Waals surface area contributed by atoms with Crippen LogP contribution in [0.4, 0.5) is 0 Å². The summed E-state index contributed by atoms with van der Waals surface area (Å²) < 4.78 is 25.6. The maximum Gasteiger partial charge on any atom is 0.215 e. The van der Waals surface area contributed by atoms with Gasteiger partial charge in [0.15, 0.2) is 0 Å². The Morgan fingerprint density at radius 1 is 1.29 bits per heavy atom. The maximum absolute atomic E-state index is 11.6. The molecule has 118 valence electrons. The van der Waals surface area contributed by atoms with E-state index in [0.29, 0.717) is 0 Å². The van der Waals surface area contributed by atoms with E-state index in [0.717, 1.165) is 29.4 Å². The summed E-state index contributed by atoms with van der Waals surface area (Å²) in [5.41, 5.74) is 3.07. The minimum absolute atomic E-state index is 0. The molecule has 21 heavy (non-hydrogen) atoms. The summed E-state index contributed by atoms with van der Waals surface area (Å²) in [6.07, 6.45) is 2.94. The molecular formula is C14H22ClN3O2S. The molecule has 0 saturated heterocycles. The molecule has 0 atom stereocenters. The third-order valence-electron chi connectivity index (χ3n) is 3.33. The van der Waals surface area contributed by atoms with E-state index in [4.69, 9.17) is 0 Å². The summed E-state index contributed by atoms with van der Waals surface area (Å²) >= 11 is 0. The summed E-state index contributed by atoms with van der Waals surface area (Å²) in [5, 5.41) is 1.11. The van der Waals surface area contributed by atoms with Crippen molar-refractivity contribution in [2.45, 2.75) is 12.2 Å². The van der Waals surface area contributed by atoms with Crippen LogP contribution in [0.2, 0.25) is 0 Å². The summed E-state index contributed by atoms with van der Waals surface area (Å²) in [6, 6.07) is 5.75. The average Bonchev–Trinajstić information content (AvgIpc) is 2.78. The first kappa shape index (κ1) is 18.0. The van der Waals surface area contributed by atoms with Crippen LogP contribution in [0.25, 0.3) is 10.9 Å². The Balaban J connectivity index is 0.00000220. The minimum atomic E-state index is -3.23. The van der Waals surface area contributed by atoms with E-state index >= 15 is 0 Å². The Labute approximate surface area is 132 Å². The van der Waals surface area contributed by atoms with Gasteiger partial charge in [-0.25, -0.2) is 13.1 Å². The van der Waals surface area contributed by atoms with Crippen LogP contribution in [0.3, 0.4) is 0 Å². The Hall–Kier alpha value is -1.08. The predicted octanol–water partition coefficient (Wildman–Crippen LogP) is 1.74.